The average Bonchev–Trinajstić information content (AvgIpc) is 2.40. The second-order valence-electron chi connectivity index (χ2n) is 4.81. The molecule has 0 saturated carbocycles. The molecule has 1 aliphatic rings. The van der Waals surface area contributed by atoms with E-state index in [0.29, 0.717) is 23.7 Å². The van der Waals surface area contributed by atoms with Crippen molar-refractivity contribution in [3.63, 3.8) is 0 Å². The van der Waals surface area contributed by atoms with Gasteiger partial charge in [-0.15, -0.1) is 0 Å². The number of hydrogen-bond donors (Lipinski definition) is 1. The third-order valence-electron chi connectivity index (χ3n) is 3.39. The highest BCUT2D eigenvalue weighted by atomic mass is 32.2. The number of benzene rings is 1. The number of anilines is 1. The van der Waals surface area contributed by atoms with Crippen LogP contribution < -0.4 is 5.73 Å². The number of nitrogens with two attached hydrogens (primary N) is 1. The number of hydrogen-bond acceptors (Lipinski definition) is 4. The summed E-state index contributed by atoms with van der Waals surface area (Å²) in [6, 6.07) is 6.40. The van der Waals surface area contributed by atoms with Crippen molar-refractivity contribution >= 4 is 15.7 Å². The summed E-state index contributed by atoms with van der Waals surface area (Å²) in [5.74, 6) is 0. The minimum Gasteiger partial charge on any atom is -0.399 e. The van der Waals surface area contributed by atoms with Gasteiger partial charge in [-0.2, -0.15) is 4.31 Å². The molecule has 0 bridgehead atoms. The lowest BCUT2D eigenvalue weighted by atomic mass is 10.3. The van der Waals surface area contributed by atoms with Gasteiger partial charge in [-0.1, -0.05) is 6.92 Å². The van der Waals surface area contributed by atoms with Crippen LogP contribution in [0.3, 0.4) is 0 Å². The van der Waals surface area contributed by atoms with E-state index in [4.69, 9.17) is 5.73 Å². The van der Waals surface area contributed by atoms with Gasteiger partial charge in [0, 0.05) is 31.9 Å². The van der Waals surface area contributed by atoms with Gasteiger partial charge in [0.25, 0.3) is 0 Å². The van der Waals surface area contributed by atoms with Gasteiger partial charge in [0.15, 0.2) is 0 Å². The fourth-order valence-electron chi connectivity index (χ4n) is 2.30. The molecule has 5 nitrogen and oxygen atoms in total. The molecule has 19 heavy (non-hydrogen) atoms. The summed E-state index contributed by atoms with van der Waals surface area (Å²) in [6.45, 7) is 5.91. The van der Waals surface area contributed by atoms with E-state index in [1.165, 1.54) is 0 Å². The van der Waals surface area contributed by atoms with Crippen molar-refractivity contribution < 1.29 is 8.42 Å². The Hall–Kier alpha value is -1.11. The van der Waals surface area contributed by atoms with Gasteiger partial charge < -0.3 is 10.6 Å². The van der Waals surface area contributed by atoms with E-state index >= 15 is 0 Å². The molecule has 106 valence electrons. The Bertz CT molecular complexity index is 505. The van der Waals surface area contributed by atoms with E-state index < -0.39 is 10.0 Å². The third kappa shape index (κ3) is 3.26. The van der Waals surface area contributed by atoms with Gasteiger partial charge in [-0.3, -0.25) is 0 Å². The quantitative estimate of drug-likeness (QED) is 0.837. The Kier molecular flexibility index (Phi) is 4.44. The maximum atomic E-state index is 12.4. The van der Waals surface area contributed by atoms with Crippen LogP contribution in [0.5, 0.6) is 0 Å². The lowest BCUT2D eigenvalue weighted by Crippen LogP contribution is -2.48. The summed E-state index contributed by atoms with van der Waals surface area (Å²) in [6.07, 6.45) is 1.10. The van der Waals surface area contributed by atoms with Crippen molar-refractivity contribution in [2.24, 2.45) is 0 Å². The normalized spacial score (nSPS) is 18.6. The zero-order valence-corrected chi connectivity index (χ0v) is 12.1. The van der Waals surface area contributed by atoms with E-state index in [0.717, 1.165) is 26.1 Å². The zero-order chi connectivity index (χ0) is 13.9. The van der Waals surface area contributed by atoms with E-state index in [9.17, 15) is 8.42 Å². The summed E-state index contributed by atoms with van der Waals surface area (Å²) in [5.41, 5.74) is 6.16. The Balaban J connectivity index is 2.07. The molecule has 0 radical (unpaired) electrons. The van der Waals surface area contributed by atoms with Gasteiger partial charge >= 0.3 is 0 Å². The lowest BCUT2D eigenvalue weighted by Gasteiger charge is -2.33. The Morgan fingerprint density at radius 2 is 1.68 bits per heavy atom. The molecule has 2 rings (SSSR count). The fourth-order valence-corrected chi connectivity index (χ4v) is 3.72. The summed E-state index contributed by atoms with van der Waals surface area (Å²) >= 11 is 0. The minimum absolute atomic E-state index is 0.325. The molecule has 1 aromatic carbocycles. The summed E-state index contributed by atoms with van der Waals surface area (Å²) in [7, 11) is -3.37. The molecule has 1 heterocycles. The minimum atomic E-state index is -3.37. The molecule has 6 heteroatoms. The smallest absolute Gasteiger partial charge is 0.243 e. The topological polar surface area (TPSA) is 66.6 Å². The van der Waals surface area contributed by atoms with Crippen LogP contribution in [0, 0.1) is 0 Å². The van der Waals surface area contributed by atoms with E-state index in [1.54, 1.807) is 28.6 Å². The molecule has 1 saturated heterocycles. The van der Waals surface area contributed by atoms with Crippen LogP contribution in [0.2, 0.25) is 0 Å². The van der Waals surface area contributed by atoms with Gasteiger partial charge in [0.05, 0.1) is 4.90 Å². The Morgan fingerprint density at radius 1 is 1.11 bits per heavy atom. The predicted octanol–water partition coefficient (Wildman–Crippen LogP) is 0.985. The van der Waals surface area contributed by atoms with E-state index in [-0.39, 0.29) is 0 Å². The molecule has 0 aromatic heterocycles. The highest BCUT2D eigenvalue weighted by Crippen LogP contribution is 2.18. The van der Waals surface area contributed by atoms with Gasteiger partial charge in [-0.25, -0.2) is 8.42 Å². The van der Waals surface area contributed by atoms with Crippen LogP contribution in [-0.4, -0.2) is 50.3 Å². The van der Waals surface area contributed by atoms with Crippen molar-refractivity contribution in [2.75, 3.05) is 38.5 Å². The molecule has 0 atom stereocenters. The standard InChI is InChI=1S/C13H21N3O2S/c1-2-7-15-8-10-16(11-9-15)19(17,18)13-5-3-12(14)4-6-13/h3-6H,2,7-11,14H2,1H3. The number of nitrogen functional groups attached to an aromatic ring is 1. The summed E-state index contributed by atoms with van der Waals surface area (Å²) in [5, 5.41) is 0. The SMILES string of the molecule is CCCN1CCN(S(=O)(=O)c2ccc(N)cc2)CC1. The molecule has 0 amide bonds. The van der Waals surface area contributed by atoms with Crippen LogP contribution in [0.15, 0.2) is 29.2 Å². The van der Waals surface area contributed by atoms with Crippen molar-refractivity contribution in [3.05, 3.63) is 24.3 Å². The molecule has 0 spiro atoms. The molecular formula is C13H21N3O2S. The first kappa shape index (κ1) is 14.3. The first-order chi connectivity index (χ1) is 9.04. The van der Waals surface area contributed by atoms with Crippen molar-refractivity contribution in [1.82, 2.24) is 9.21 Å². The van der Waals surface area contributed by atoms with Crippen molar-refractivity contribution in [3.8, 4) is 0 Å². The molecule has 1 aliphatic heterocycles. The maximum absolute atomic E-state index is 12.4. The van der Waals surface area contributed by atoms with Crippen LogP contribution in [0.1, 0.15) is 13.3 Å². The van der Waals surface area contributed by atoms with Crippen molar-refractivity contribution in [1.29, 1.82) is 0 Å². The summed E-state index contributed by atoms with van der Waals surface area (Å²) < 4.78 is 26.4. The monoisotopic (exact) mass is 283 g/mol. The first-order valence-corrected chi connectivity index (χ1v) is 8.06. The van der Waals surface area contributed by atoms with Gasteiger partial charge in [-0.05, 0) is 37.2 Å². The van der Waals surface area contributed by atoms with E-state index in [1.807, 2.05) is 0 Å². The molecule has 2 N–H and O–H groups in total. The number of nitrogens with zero attached hydrogens (tertiary/aromatic N) is 2. The fraction of sp³-hybridized carbons (Fsp3) is 0.538. The highest BCUT2D eigenvalue weighted by Gasteiger charge is 2.27. The Labute approximate surface area is 115 Å². The first-order valence-electron chi connectivity index (χ1n) is 6.62. The maximum Gasteiger partial charge on any atom is 0.243 e. The largest absolute Gasteiger partial charge is 0.399 e. The van der Waals surface area contributed by atoms with Crippen LogP contribution in [0.25, 0.3) is 0 Å². The van der Waals surface area contributed by atoms with Gasteiger partial charge in [0.1, 0.15) is 0 Å². The van der Waals surface area contributed by atoms with Crippen molar-refractivity contribution in [2.45, 2.75) is 18.2 Å². The van der Waals surface area contributed by atoms with Crippen LogP contribution in [0.4, 0.5) is 5.69 Å². The van der Waals surface area contributed by atoms with Gasteiger partial charge in [0.2, 0.25) is 10.0 Å². The van der Waals surface area contributed by atoms with Crippen LogP contribution in [-0.2, 0) is 10.0 Å². The second-order valence-corrected chi connectivity index (χ2v) is 6.75. The van der Waals surface area contributed by atoms with E-state index in [2.05, 4.69) is 11.8 Å². The average molecular weight is 283 g/mol. The third-order valence-corrected chi connectivity index (χ3v) is 5.30. The molecule has 1 fully saturated rings. The number of rotatable bonds is 4. The molecular weight excluding hydrogens is 262 g/mol. The molecule has 0 aliphatic carbocycles. The second kappa shape index (κ2) is 5.90. The lowest BCUT2D eigenvalue weighted by molar-refractivity contribution is 0.188. The van der Waals surface area contributed by atoms with Crippen LogP contribution >= 0.6 is 0 Å². The zero-order valence-electron chi connectivity index (χ0n) is 11.2. The Morgan fingerprint density at radius 3 is 2.21 bits per heavy atom. The summed E-state index contributed by atoms with van der Waals surface area (Å²) in [4.78, 5) is 2.63. The highest BCUT2D eigenvalue weighted by molar-refractivity contribution is 7.89. The number of sulfonamides is 1. The molecule has 1 aromatic rings. The number of piperazine rings is 1. The predicted molar refractivity (Wildman–Crippen MR) is 76.3 cm³/mol. The molecule has 0 unspecified atom stereocenters.